The molecule has 2 aliphatic rings. The van der Waals surface area contributed by atoms with Crippen molar-refractivity contribution in [2.45, 2.75) is 38.3 Å². The van der Waals surface area contributed by atoms with E-state index in [4.69, 9.17) is 0 Å². The largest absolute Gasteiger partial charge is 0.369 e. The molecule has 158 valence electrons. The molecule has 1 amide bonds. The van der Waals surface area contributed by atoms with Gasteiger partial charge >= 0.3 is 0 Å². The third-order valence-corrected chi connectivity index (χ3v) is 7.19. The lowest BCUT2D eigenvalue weighted by Gasteiger charge is -2.12. The van der Waals surface area contributed by atoms with E-state index in [1.807, 2.05) is 24.3 Å². The molecule has 5 nitrogen and oxygen atoms in total. The summed E-state index contributed by atoms with van der Waals surface area (Å²) in [5.41, 5.74) is 7.88. The Morgan fingerprint density at radius 3 is 2.59 bits per heavy atom. The van der Waals surface area contributed by atoms with Crippen molar-refractivity contribution in [2.24, 2.45) is 0 Å². The molecule has 0 spiro atoms. The SMILES string of the molecule is O=C1NC(O)c2c1c1c3cc(CC4=CCCCC4)ccc3[nH]c1c1[nH]c3ccccc3c21. The lowest BCUT2D eigenvalue weighted by Crippen LogP contribution is -2.18. The highest BCUT2D eigenvalue weighted by Gasteiger charge is 2.34. The molecule has 0 saturated carbocycles. The first kappa shape index (κ1) is 18.0. The number of rotatable bonds is 2. The number of aromatic amines is 2. The Morgan fingerprint density at radius 2 is 1.75 bits per heavy atom. The van der Waals surface area contributed by atoms with Gasteiger partial charge < -0.3 is 20.4 Å². The average Bonchev–Trinajstić information content (AvgIpc) is 3.45. The Balaban J connectivity index is 1.57. The van der Waals surface area contributed by atoms with Gasteiger partial charge in [0.2, 0.25) is 0 Å². The van der Waals surface area contributed by atoms with Crippen LogP contribution >= 0.6 is 0 Å². The molecule has 3 aromatic carbocycles. The fraction of sp³-hybridized carbons (Fsp3) is 0.222. The van der Waals surface area contributed by atoms with E-state index in [1.165, 1.54) is 36.8 Å². The van der Waals surface area contributed by atoms with Gasteiger partial charge in [-0.25, -0.2) is 0 Å². The van der Waals surface area contributed by atoms with Crippen LogP contribution < -0.4 is 5.32 Å². The van der Waals surface area contributed by atoms with E-state index in [9.17, 15) is 9.90 Å². The van der Waals surface area contributed by atoms with Gasteiger partial charge in [0.15, 0.2) is 6.23 Å². The van der Waals surface area contributed by atoms with Crippen LogP contribution in [0.4, 0.5) is 0 Å². The zero-order chi connectivity index (χ0) is 21.4. The van der Waals surface area contributed by atoms with E-state index >= 15 is 0 Å². The van der Waals surface area contributed by atoms with Crippen molar-refractivity contribution in [3.05, 3.63) is 70.8 Å². The summed E-state index contributed by atoms with van der Waals surface area (Å²) < 4.78 is 0. The summed E-state index contributed by atoms with van der Waals surface area (Å²) in [7, 11) is 0. The molecule has 1 aliphatic carbocycles. The molecule has 1 unspecified atom stereocenters. The van der Waals surface area contributed by atoms with Crippen LogP contribution in [0.2, 0.25) is 0 Å². The zero-order valence-corrected chi connectivity index (χ0v) is 17.6. The van der Waals surface area contributed by atoms with Crippen LogP contribution in [0, 0.1) is 0 Å². The first-order chi connectivity index (χ1) is 15.7. The van der Waals surface area contributed by atoms with Gasteiger partial charge in [0.1, 0.15) is 0 Å². The maximum Gasteiger partial charge on any atom is 0.254 e. The lowest BCUT2D eigenvalue weighted by molar-refractivity contribution is 0.0853. The van der Waals surface area contributed by atoms with Crippen LogP contribution in [0.1, 0.15) is 53.4 Å². The summed E-state index contributed by atoms with van der Waals surface area (Å²) in [6.45, 7) is 0. The average molecular weight is 422 g/mol. The number of benzene rings is 3. The number of carbonyl (C=O) groups excluding carboxylic acids is 1. The first-order valence-electron chi connectivity index (χ1n) is 11.4. The van der Waals surface area contributed by atoms with Crippen molar-refractivity contribution >= 4 is 49.5 Å². The molecule has 3 heterocycles. The number of carbonyl (C=O) groups is 1. The van der Waals surface area contributed by atoms with Crippen LogP contribution in [0.3, 0.4) is 0 Å². The van der Waals surface area contributed by atoms with Crippen molar-refractivity contribution in [1.82, 2.24) is 15.3 Å². The van der Waals surface area contributed by atoms with Crippen LogP contribution in [0.5, 0.6) is 0 Å². The molecule has 0 bridgehead atoms. The maximum absolute atomic E-state index is 13.0. The van der Waals surface area contributed by atoms with Crippen LogP contribution in [-0.4, -0.2) is 21.0 Å². The predicted molar refractivity (Wildman–Crippen MR) is 128 cm³/mol. The summed E-state index contributed by atoms with van der Waals surface area (Å²) in [4.78, 5) is 20.1. The summed E-state index contributed by atoms with van der Waals surface area (Å²) in [5, 5.41) is 17.4. The topological polar surface area (TPSA) is 80.9 Å². The molecule has 1 atom stereocenters. The monoisotopic (exact) mass is 421 g/mol. The summed E-state index contributed by atoms with van der Waals surface area (Å²) >= 11 is 0. The van der Waals surface area contributed by atoms with Crippen molar-refractivity contribution in [2.75, 3.05) is 0 Å². The normalized spacial score (nSPS) is 18.6. The number of hydrogen-bond acceptors (Lipinski definition) is 2. The fourth-order valence-electron chi connectivity index (χ4n) is 5.77. The summed E-state index contributed by atoms with van der Waals surface area (Å²) in [6.07, 6.45) is 7.23. The third-order valence-electron chi connectivity index (χ3n) is 7.19. The number of aliphatic hydroxyl groups is 1. The van der Waals surface area contributed by atoms with Crippen molar-refractivity contribution in [3.8, 4) is 0 Å². The van der Waals surface area contributed by atoms with Gasteiger partial charge in [-0.2, -0.15) is 0 Å². The Hall–Kier alpha value is -3.57. The number of amides is 1. The maximum atomic E-state index is 13.0. The number of aliphatic hydroxyl groups excluding tert-OH is 1. The molecule has 4 N–H and O–H groups in total. The highest BCUT2D eigenvalue weighted by molar-refractivity contribution is 6.30. The third kappa shape index (κ3) is 2.40. The number of aromatic nitrogens is 2. The number of nitrogens with one attached hydrogen (secondary N) is 3. The van der Waals surface area contributed by atoms with E-state index in [0.29, 0.717) is 11.1 Å². The number of hydrogen-bond donors (Lipinski definition) is 4. The van der Waals surface area contributed by atoms with Gasteiger partial charge in [0.25, 0.3) is 5.91 Å². The second-order valence-corrected chi connectivity index (χ2v) is 9.13. The zero-order valence-electron chi connectivity index (χ0n) is 17.6. The smallest absolute Gasteiger partial charge is 0.254 e. The number of para-hydroxylation sites is 1. The molecule has 5 heteroatoms. The highest BCUT2D eigenvalue weighted by atomic mass is 16.3. The van der Waals surface area contributed by atoms with Gasteiger partial charge in [0.05, 0.1) is 16.6 Å². The van der Waals surface area contributed by atoms with E-state index in [2.05, 4.69) is 39.6 Å². The molecule has 0 saturated heterocycles. The van der Waals surface area contributed by atoms with Crippen molar-refractivity contribution in [1.29, 1.82) is 0 Å². The van der Waals surface area contributed by atoms with E-state index in [1.54, 1.807) is 0 Å². The second kappa shape index (κ2) is 6.47. The fourth-order valence-corrected chi connectivity index (χ4v) is 5.77. The molecule has 0 fully saturated rings. The number of H-pyrrole nitrogens is 2. The number of allylic oxidation sites excluding steroid dienone is 2. The van der Waals surface area contributed by atoms with Gasteiger partial charge in [-0.3, -0.25) is 4.79 Å². The Kier molecular flexibility index (Phi) is 3.65. The van der Waals surface area contributed by atoms with Gasteiger partial charge in [-0.05, 0) is 55.9 Å². The van der Waals surface area contributed by atoms with Crippen LogP contribution in [0.15, 0.2) is 54.1 Å². The second-order valence-electron chi connectivity index (χ2n) is 9.13. The van der Waals surface area contributed by atoms with Gasteiger partial charge in [-0.15, -0.1) is 0 Å². The molecule has 7 rings (SSSR count). The molecular weight excluding hydrogens is 398 g/mol. The van der Waals surface area contributed by atoms with E-state index in [0.717, 1.165) is 50.0 Å². The highest BCUT2D eigenvalue weighted by Crippen LogP contribution is 2.44. The van der Waals surface area contributed by atoms with E-state index in [-0.39, 0.29) is 5.91 Å². The van der Waals surface area contributed by atoms with Crippen LogP contribution in [0.25, 0.3) is 43.6 Å². The Labute approximate surface area is 184 Å². The predicted octanol–water partition coefficient (Wildman–Crippen LogP) is 5.73. The first-order valence-corrected chi connectivity index (χ1v) is 11.4. The minimum absolute atomic E-state index is 0.217. The molecule has 5 aromatic rings. The summed E-state index contributed by atoms with van der Waals surface area (Å²) in [6, 6.07) is 14.6. The minimum atomic E-state index is -1.01. The standard InChI is InChI=1S/C27H23N3O2/c31-26-22-20-16-8-4-5-9-18(16)28-24(20)25-21(23(22)27(32)30-26)17-13-15(10-11-19(17)29-25)12-14-6-2-1-3-7-14/h4-6,8-11,13,26,28-29,31H,1-3,7,12H2,(H,30,32). The van der Waals surface area contributed by atoms with Crippen molar-refractivity contribution in [3.63, 3.8) is 0 Å². The molecule has 1 aliphatic heterocycles. The Bertz CT molecular complexity index is 1620. The summed E-state index contributed by atoms with van der Waals surface area (Å²) in [5.74, 6) is -0.217. The molecule has 2 aromatic heterocycles. The quantitative estimate of drug-likeness (QED) is 0.275. The van der Waals surface area contributed by atoms with Crippen LogP contribution in [-0.2, 0) is 6.42 Å². The van der Waals surface area contributed by atoms with Crippen molar-refractivity contribution < 1.29 is 9.90 Å². The van der Waals surface area contributed by atoms with Gasteiger partial charge in [-0.1, -0.05) is 35.9 Å². The molecule has 0 radical (unpaired) electrons. The van der Waals surface area contributed by atoms with Gasteiger partial charge in [0, 0.05) is 38.1 Å². The molecular formula is C27H23N3O2. The minimum Gasteiger partial charge on any atom is -0.369 e. The Morgan fingerprint density at radius 1 is 0.938 bits per heavy atom. The lowest BCUT2D eigenvalue weighted by atomic mass is 9.92. The molecule has 32 heavy (non-hydrogen) atoms. The number of fused-ring (bicyclic) bond motifs is 10. The van der Waals surface area contributed by atoms with E-state index < -0.39 is 6.23 Å².